The van der Waals surface area contributed by atoms with Crippen LogP contribution in [0.15, 0.2) is 47.4 Å². The van der Waals surface area contributed by atoms with E-state index < -0.39 is 17.4 Å². The van der Waals surface area contributed by atoms with Crippen LogP contribution in [-0.2, 0) is 11.3 Å². The van der Waals surface area contributed by atoms with Crippen LogP contribution in [0.3, 0.4) is 0 Å². The first kappa shape index (κ1) is 14.8. The van der Waals surface area contributed by atoms with Crippen LogP contribution in [0.5, 0.6) is 0 Å². The zero-order valence-electron chi connectivity index (χ0n) is 10.7. The van der Waals surface area contributed by atoms with E-state index in [-0.39, 0.29) is 12.1 Å². The van der Waals surface area contributed by atoms with Crippen LogP contribution in [-0.4, -0.2) is 21.6 Å². The molecule has 0 aliphatic heterocycles. The van der Waals surface area contributed by atoms with Crippen LogP contribution in [0.2, 0.25) is 5.02 Å². The zero-order valence-corrected chi connectivity index (χ0v) is 11.5. The second-order valence-electron chi connectivity index (χ2n) is 4.22. The van der Waals surface area contributed by atoms with E-state index in [2.05, 4.69) is 5.32 Å². The highest BCUT2D eigenvalue weighted by molar-refractivity contribution is 6.33. The largest absolute Gasteiger partial charge is 0.478 e. The molecular formula is C14H11ClN2O4. The van der Waals surface area contributed by atoms with Crippen LogP contribution in [0.1, 0.15) is 10.4 Å². The molecule has 0 aliphatic carbocycles. The number of hydrogen-bond acceptors (Lipinski definition) is 3. The number of carboxylic acid groups (broad SMARTS) is 1. The maximum absolute atomic E-state index is 11.9. The normalized spacial score (nSPS) is 10.1. The molecule has 108 valence electrons. The van der Waals surface area contributed by atoms with Gasteiger partial charge in [-0.05, 0) is 18.2 Å². The van der Waals surface area contributed by atoms with Gasteiger partial charge in [-0.1, -0.05) is 23.7 Å². The highest BCUT2D eigenvalue weighted by Gasteiger charge is 2.10. The minimum absolute atomic E-state index is 0.0693. The molecular weight excluding hydrogens is 296 g/mol. The Morgan fingerprint density at radius 2 is 1.90 bits per heavy atom. The van der Waals surface area contributed by atoms with Crippen molar-refractivity contribution in [2.75, 3.05) is 5.32 Å². The van der Waals surface area contributed by atoms with Crippen LogP contribution in [0, 0.1) is 0 Å². The number of anilines is 1. The van der Waals surface area contributed by atoms with Gasteiger partial charge in [0, 0.05) is 12.3 Å². The highest BCUT2D eigenvalue weighted by atomic mass is 35.5. The second kappa shape index (κ2) is 6.23. The van der Waals surface area contributed by atoms with Crippen molar-refractivity contribution in [2.24, 2.45) is 0 Å². The number of carboxylic acids is 1. The Bertz CT molecular complexity index is 755. The van der Waals surface area contributed by atoms with Gasteiger partial charge in [0.1, 0.15) is 6.54 Å². The quantitative estimate of drug-likeness (QED) is 0.902. The van der Waals surface area contributed by atoms with Gasteiger partial charge in [0.05, 0.1) is 16.3 Å². The molecule has 1 heterocycles. The molecule has 0 fully saturated rings. The number of pyridine rings is 1. The van der Waals surface area contributed by atoms with E-state index in [0.717, 1.165) is 16.8 Å². The molecule has 2 aromatic rings. The van der Waals surface area contributed by atoms with Crippen molar-refractivity contribution in [3.63, 3.8) is 0 Å². The molecule has 2 rings (SSSR count). The summed E-state index contributed by atoms with van der Waals surface area (Å²) in [5.41, 5.74) is -0.110. The van der Waals surface area contributed by atoms with E-state index in [4.69, 9.17) is 16.7 Å². The summed E-state index contributed by atoms with van der Waals surface area (Å²) >= 11 is 5.91. The number of halogens is 1. The summed E-state index contributed by atoms with van der Waals surface area (Å²) in [7, 11) is 0. The predicted molar refractivity (Wildman–Crippen MR) is 77.7 cm³/mol. The lowest BCUT2D eigenvalue weighted by molar-refractivity contribution is -0.116. The molecule has 0 saturated carbocycles. The first-order valence-corrected chi connectivity index (χ1v) is 6.33. The molecule has 21 heavy (non-hydrogen) atoms. The minimum atomic E-state index is -1.17. The first-order valence-electron chi connectivity index (χ1n) is 5.95. The summed E-state index contributed by atoms with van der Waals surface area (Å²) in [5.74, 6) is -1.65. The van der Waals surface area contributed by atoms with Gasteiger partial charge < -0.3 is 15.0 Å². The molecule has 0 aliphatic rings. The molecule has 2 N–H and O–H groups in total. The van der Waals surface area contributed by atoms with E-state index in [0.29, 0.717) is 10.7 Å². The molecule has 0 bridgehead atoms. The van der Waals surface area contributed by atoms with Gasteiger partial charge in [0.25, 0.3) is 5.56 Å². The molecule has 1 amide bonds. The predicted octanol–water partition coefficient (Wildman–Crippen LogP) is 1.84. The van der Waals surface area contributed by atoms with Gasteiger partial charge in [-0.3, -0.25) is 9.59 Å². The first-order chi connectivity index (χ1) is 9.97. The Hall–Kier alpha value is -2.60. The molecule has 1 aromatic carbocycles. The maximum Gasteiger partial charge on any atom is 0.337 e. The summed E-state index contributed by atoms with van der Waals surface area (Å²) in [6, 6.07) is 8.96. The maximum atomic E-state index is 11.9. The van der Waals surface area contributed by atoms with Crippen LogP contribution in [0.4, 0.5) is 5.69 Å². The van der Waals surface area contributed by atoms with Gasteiger partial charge in [-0.15, -0.1) is 0 Å². The van der Waals surface area contributed by atoms with Crippen molar-refractivity contribution in [3.8, 4) is 0 Å². The number of carbonyl (C=O) groups excluding carboxylic acids is 1. The van der Waals surface area contributed by atoms with Crippen molar-refractivity contribution < 1.29 is 14.7 Å². The van der Waals surface area contributed by atoms with Crippen molar-refractivity contribution in [3.05, 3.63) is 63.5 Å². The van der Waals surface area contributed by atoms with Crippen LogP contribution < -0.4 is 10.9 Å². The summed E-state index contributed by atoms with van der Waals surface area (Å²) in [6.07, 6.45) is 1.12. The fourth-order valence-corrected chi connectivity index (χ4v) is 1.87. The van der Waals surface area contributed by atoms with Gasteiger partial charge >= 0.3 is 5.97 Å². The number of nitrogens with zero attached hydrogens (tertiary/aromatic N) is 1. The molecule has 1 aromatic heterocycles. The number of benzene rings is 1. The fraction of sp³-hybridized carbons (Fsp3) is 0.0714. The summed E-state index contributed by atoms with van der Waals surface area (Å²) in [6.45, 7) is -0.300. The van der Waals surface area contributed by atoms with E-state index in [1.807, 2.05) is 0 Å². The number of carbonyl (C=O) groups is 2. The average Bonchev–Trinajstić information content (AvgIpc) is 2.43. The number of hydrogen-bond donors (Lipinski definition) is 2. The van der Waals surface area contributed by atoms with Crippen molar-refractivity contribution in [1.82, 2.24) is 4.57 Å². The second-order valence-corrected chi connectivity index (χ2v) is 4.62. The lowest BCUT2D eigenvalue weighted by Crippen LogP contribution is -2.27. The van der Waals surface area contributed by atoms with Crippen molar-refractivity contribution in [1.29, 1.82) is 0 Å². The Labute approximate surface area is 124 Å². The van der Waals surface area contributed by atoms with E-state index in [1.165, 1.54) is 6.07 Å². The molecule has 0 spiro atoms. The van der Waals surface area contributed by atoms with Crippen LogP contribution >= 0.6 is 11.6 Å². The van der Waals surface area contributed by atoms with Gasteiger partial charge in [-0.25, -0.2) is 4.79 Å². The van der Waals surface area contributed by atoms with E-state index in [1.54, 1.807) is 24.3 Å². The lowest BCUT2D eigenvalue weighted by Gasteiger charge is -2.09. The molecule has 7 heteroatoms. The standard InChI is InChI=1S/C14H11ClN2O4/c15-10-3-1-2-4-11(10)16-12(18)8-17-7-9(14(20)21)5-6-13(17)19/h1-7H,8H2,(H,16,18)(H,20,21). The van der Waals surface area contributed by atoms with Crippen molar-refractivity contribution >= 4 is 29.2 Å². The number of aromatic nitrogens is 1. The lowest BCUT2D eigenvalue weighted by atomic mass is 10.3. The summed E-state index contributed by atoms with van der Waals surface area (Å²) < 4.78 is 1.02. The Morgan fingerprint density at radius 1 is 1.19 bits per heavy atom. The molecule has 0 atom stereocenters. The summed E-state index contributed by atoms with van der Waals surface area (Å²) in [4.78, 5) is 34.4. The van der Waals surface area contributed by atoms with Gasteiger partial charge in [0.15, 0.2) is 0 Å². The van der Waals surface area contributed by atoms with Gasteiger partial charge in [-0.2, -0.15) is 0 Å². The third kappa shape index (κ3) is 3.70. The fourth-order valence-electron chi connectivity index (χ4n) is 1.69. The molecule has 0 saturated heterocycles. The average molecular weight is 307 g/mol. The molecule has 6 nitrogen and oxygen atoms in total. The van der Waals surface area contributed by atoms with E-state index in [9.17, 15) is 14.4 Å². The topological polar surface area (TPSA) is 88.4 Å². The number of amides is 1. The number of para-hydroxylation sites is 1. The number of rotatable bonds is 4. The van der Waals surface area contributed by atoms with E-state index >= 15 is 0 Å². The Balaban J connectivity index is 2.17. The smallest absolute Gasteiger partial charge is 0.337 e. The third-order valence-corrected chi connectivity index (χ3v) is 3.02. The number of nitrogens with one attached hydrogen (secondary N) is 1. The third-order valence-electron chi connectivity index (χ3n) is 2.69. The molecule has 0 radical (unpaired) electrons. The highest BCUT2D eigenvalue weighted by Crippen LogP contribution is 2.20. The Morgan fingerprint density at radius 3 is 2.57 bits per heavy atom. The van der Waals surface area contributed by atoms with Crippen molar-refractivity contribution in [2.45, 2.75) is 6.54 Å². The SMILES string of the molecule is O=C(Cn1cc(C(=O)O)ccc1=O)Nc1ccccc1Cl. The molecule has 0 unspecified atom stereocenters. The minimum Gasteiger partial charge on any atom is -0.478 e. The monoisotopic (exact) mass is 306 g/mol. The zero-order chi connectivity index (χ0) is 15.4. The van der Waals surface area contributed by atoms with Crippen LogP contribution in [0.25, 0.3) is 0 Å². The Kier molecular flexibility index (Phi) is 4.39. The summed E-state index contributed by atoms with van der Waals surface area (Å²) in [5, 5.41) is 11.8. The van der Waals surface area contributed by atoms with Gasteiger partial charge in [0.2, 0.25) is 5.91 Å². The number of aromatic carboxylic acids is 1.